The van der Waals surface area contributed by atoms with E-state index in [0.29, 0.717) is 0 Å². The molecule has 1 N–H and O–H groups in total. The van der Waals surface area contributed by atoms with Crippen LogP contribution in [0.3, 0.4) is 0 Å². The summed E-state index contributed by atoms with van der Waals surface area (Å²) in [6.07, 6.45) is -12.2. The van der Waals surface area contributed by atoms with E-state index in [2.05, 4.69) is 0 Å². The molecule has 0 aliphatic carbocycles. The molecule has 0 aromatic carbocycles. The van der Waals surface area contributed by atoms with E-state index in [1.54, 1.807) is 0 Å². The summed E-state index contributed by atoms with van der Waals surface area (Å²) in [5.74, 6) is -63.3. The molecule has 0 aromatic rings. The van der Waals surface area contributed by atoms with Crippen molar-refractivity contribution in [3.63, 3.8) is 0 Å². The van der Waals surface area contributed by atoms with Gasteiger partial charge in [0.2, 0.25) is 0 Å². The second-order valence-corrected chi connectivity index (χ2v) is 7.63. The molecule has 0 unspecified atom stereocenters. The van der Waals surface area contributed by atoms with E-state index in [-0.39, 0.29) is 0 Å². The fourth-order valence-corrected chi connectivity index (χ4v) is 2.18. The van der Waals surface area contributed by atoms with Crippen molar-refractivity contribution >= 4 is 10.1 Å². The Morgan fingerprint density at radius 1 is 0.486 bits per heavy atom. The first-order valence-corrected chi connectivity index (χ1v) is 8.79. The lowest BCUT2D eigenvalue weighted by atomic mass is 9.89. The van der Waals surface area contributed by atoms with Crippen molar-refractivity contribution in [2.75, 3.05) is 0 Å². The van der Waals surface area contributed by atoms with Gasteiger partial charge in [0, 0.05) is 0 Å². The highest BCUT2D eigenvalue weighted by molar-refractivity contribution is 7.87. The summed E-state index contributed by atoms with van der Waals surface area (Å²) >= 11 is 0. The Kier molecular flexibility index (Phi) is 8.28. The van der Waals surface area contributed by atoms with Gasteiger partial charge in [0.25, 0.3) is 0 Å². The molecule has 4 nitrogen and oxygen atoms in total. The maximum absolute atomic E-state index is 13.4. The Hall–Kier alpha value is -2.02. The largest absolute Gasteiger partial charge is 0.472 e. The standard InChI is InChI=1S/C11HF21O4S/c12-1(13)2(14)36-10(29,30)8(25,26)6(21,22)4(17,18)3(15,16)5(19,20)7(23,24)9(27,28)11(31,32)37(33,34)35/h(H,33,34,35). The molecule has 0 amide bonds. The van der Waals surface area contributed by atoms with Gasteiger partial charge in [-0.1, -0.05) is 0 Å². The lowest BCUT2D eigenvalue weighted by Crippen LogP contribution is -2.76. The summed E-state index contributed by atoms with van der Waals surface area (Å²) in [7, 11) is -8.09. The van der Waals surface area contributed by atoms with Crippen LogP contribution < -0.4 is 0 Å². The molecule has 0 rings (SSSR count). The van der Waals surface area contributed by atoms with Crippen LogP contribution in [0.15, 0.2) is 12.1 Å². The van der Waals surface area contributed by atoms with Crippen LogP contribution >= 0.6 is 0 Å². The molecule has 0 aliphatic heterocycles. The molecule has 0 aliphatic rings. The van der Waals surface area contributed by atoms with Gasteiger partial charge in [-0.15, -0.1) is 0 Å². The lowest BCUT2D eigenvalue weighted by molar-refractivity contribution is -0.474. The number of rotatable bonds is 11. The van der Waals surface area contributed by atoms with Gasteiger partial charge in [0.05, 0.1) is 0 Å². The van der Waals surface area contributed by atoms with Gasteiger partial charge in [-0.2, -0.15) is 101 Å². The van der Waals surface area contributed by atoms with Crippen LogP contribution in [0.25, 0.3) is 0 Å². The minimum atomic E-state index is -9.31. The van der Waals surface area contributed by atoms with E-state index < -0.39 is 75.0 Å². The molecule has 26 heteroatoms. The van der Waals surface area contributed by atoms with E-state index in [1.807, 2.05) is 0 Å². The van der Waals surface area contributed by atoms with Crippen molar-refractivity contribution < 1.29 is 110 Å². The van der Waals surface area contributed by atoms with Crippen LogP contribution in [0.4, 0.5) is 92.2 Å². The first kappa shape index (κ1) is 35.0. The van der Waals surface area contributed by atoms with Crippen LogP contribution in [-0.2, 0) is 14.9 Å². The Morgan fingerprint density at radius 3 is 0.973 bits per heavy atom. The second kappa shape index (κ2) is 8.75. The summed E-state index contributed by atoms with van der Waals surface area (Å²) in [4.78, 5) is 0. The van der Waals surface area contributed by atoms with Gasteiger partial charge in [-0.25, -0.2) is 0 Å². The minimum absolute atomic E-state index is 1.52. The highest BCUT2D eigenvalue weighted by Gasteiger charge is 2.97. The third-order valence-electron chi connectivity index (χ3n) is 3.79. The van der Waals surface area contributed by atoms with Crippen molar-refractivity contribution in [2.45, 2.75) is 52.8 Å². The Balaban J connectivity index is 7.13. The van der Waals surface area contributed by atoms with Crippen LogP contribution in [0.1, 0.15) is 0 Å². The molecule has 0 aromatic heterocycles. The van der Waals surface area contributed by atoms with Gasteiger partial charge < -0.3 is 4.74 Å². The molecule has 0 saturated heterocycles. The minimum Gasteiger partial charge on any atom is -0.397 e. The molecule has 37 heavy (non-hydrogen) atoms. The quantitative estimate of drug-likeness (QED) is 0.160. The van der Waals surface area contributed by atoms with Gasteiger partial charge in [0.15, 0.2) is 0 Å². The predicted molar refractivity (Wildman–Crippen MR) is 67.5 cm³/mol. The fraction of sp³-hybridized carbons (Fsp3) is 0.818. The van der Waals surface area contributed by atoms with Crippen molar-refractivity contribution in [1.82, 2.24) is 0 Å². The highest BCUT2D eigenvalue weighted by atomic mass is 32.2. The molecule has 0 radical (unpaired) electrons. The Bertz CT molecular complexity index is 1010. The second-order valence-electron chi connectivity index (χ2n) is 6.17. The number of halogens is 21. The van der Waals surface area contributed by atoms with Crippen LogP contribution in [0.2, 0.25) is 0 Å². The summed E-state index contributed by atoms with van der Waals surface area (Å²) in [5, 5.41) is -8.05. The average molecular weight is 628 g/mol. The first-order valence-electron chi connectivity index (χ1n) is 7.35. The monoisotopic (exact) mass is 628 g/mol. The zero-order valence-corrected chi connectivity index (χ0v) is 16.3. The maximum Gasteiger partial charge on any atom is 0.472 e. The van der Waals surface area contributed by atoms with Crippen molar-refractivity contribution in [3.05, 3.63) is 12.1 Å². The molecule has 0 heterocycles. The van der Waals surface area contributed by atoms with Gasteiger partial charge >= 0.3 is 75.0 Å². The van der Waals surface area contributed by atoms with E-state index in [1.165, 1.54) is 4.74 Å². The van der Waals surface area contributed by atoms with Gasteiger partial charge in [-0.05, 0) is 0 Å². The molecule has 0 spiro atoms. The van der Waals surface area contributed by atoms with E-state index in [9.17, 15) is 101 Å². The summed E-state index contributed by atoms with van der Waals surface area (Å²) in [5.41, 5.74) is 0. The maximum atomic E-state index is 13.4. The van der Waals surface area contributed by atoms with Gasteiger partial charge in [-0.3, -0.25) is 4.55 Å². The van der Waals surface area contributed by atoms with Crippen molar-refractivity contribution in [3.8, 4) is 0 Å². The van der Waals surface area contributed by atoms with E-state index in [0.717, 1.165) is 0 Å². The number of hydrogen-bond donors (Lipinski definition) is 1. The zero-order chi connectivity index (χ0) is 30.9. The summed E-state index contributed by atoms with van der Waals surface area (Å²) in [6, 6.07) is -4.32. The third kappa shape index (κ3) is 4.49. The van der Waals surface area contributed by atoms with Crippen molar-refractivity contribution in [1.29, 1.82) is 0 Å². The smallest absolute Gasteiger partial charge is 0.397 e. The van der Waals surface area contributed by atoms with Crippen LogP contribution in [0, 0.1) is 0 Å². The van der Waals surface area contributed by atoms with E-state index >= 15 is 0 Å². The molecular weight excluding hydrogens is 627 g/mol. The highest BCUT2D eigenvalue weighted by Crippen LogP contribution is 2.65. The van der Waals surface area contributed by atoms with Crippen LogP contribution in [0.5, 0.6) is 0 Å². The number of alkyl halides is 18. The lowest BCUT2D eigenvalue weighted by Gasteiger charge is -2.43. The molecule has 222 valence electrons. The normalized spacial score (nSPS) is 16.1. The molecule has 0 atom stereocenters. The molecule has 0 bridgehead atoms. The number of hydrogen-bond acceptors (Lipinski definition) is 3. The Labute approximate surface area is 186 Å². The van der Waals surface area contributed by atoms with Crippen LogP contribution in [-0.4, -0.2) is 65.8 Å². The fourth-order valence-electron chi connectivity index (χ4n) is 1.73. The molecule has 0 saturated carbocycles. The predicted octanol–water partition coefficient (Wildman–Crippen LogP) is 6.56. The summed E-state index contributed by atoms with van der Waals surface area (Å²) in [6.45, 7) is 0. The Morgan fingerprint density at radius 2 is 0.730 bits per heavy atom. The number of ether oxygens (including phenoxy) is 1. The van der Waals surface area contributed by atoms with Crippen molar-refractivity contribution in [2.24, 2.45) is 0 Å². The summed E-state index contributed by atoms with van der Waals surface area (Å²) < 4.78 is 303. The average Bonchev–Trinajstić information content (AvgIpc) is 2.65. The van der Waals surface area contributed by atoms with Gasteiger partial charge in [0.1, 0.15) is 0 Å². The zero-order valence-electron chi connectivity index (χ0n) is 15.5. The molecule has 0 fully saturated rings. The SMILES string of the molecule is O=S(=O)(O)C(F)(F)C(F)(F)C(F)(F)C(F)(F)C(F)(F)C(F)(F)C(F)(F)C(F)(F)C(F)(F)OC(F)=C(F)F. The van der Waals surface area contributed by atoms with E-state index in [4.69, 9.17) is 4.55 Å². The third-order valence-corrected chi connectivity index (χ3v) is 4.69. The molecular formula is C11HF21O4S. The topological polar surface area (TPSA) is 63.6 Å². The first-order chi connectivity index (χ1) is 15.6.